The lowest BCUT2D eigenvalue weighted by molar-refractivity contribution is -0.134. The summed E-state index contributed by atoms with van der Waals surface area (Å²) in [6, 6.07) is 8.07. The molecule has 2 aliphatic heterocycles. The second kappa shape index (κ2) is 8.04. The fraction of sp³-hybridized carbons (Fsp3) is 0.423. The first-order valence-electron chi connectivity index (χ1n) is 11.4. The van der Waals surface area contributed by atoms with Gasteiger partial charge in [0, 0.05) is 38.1 Å². The molecular weight excluding hydrogens is 386 g/mol. The molecule has 0 saturated heterocycles. The van der Waals surface area contributed by atoms with Crippen LogP contribution in [0.3, 0.4) is 0 Å². The highest BCUT2D eigenvalue weighted by molar-refractivity contribution is 5.81. The van der Waals surface area contributed by atoms with Crippen molar-refractivity contribution >= 4 is 5.91 Å². The predicted molar refractivity (Wildman–Crippen MR) is 122 cm³/mol. The Hall–Kier alpha value is -2.79. The minimum Gasteiger partial charge on any atom is -0.508 e. The highest BCUT2D eigenvalue weighted by Gasteiger charge is 2.45. The average molecular weight is 418 g/mol. The molecule has 1 aromatic carbocycles. The quantitative estimate of drug-likeness (QED) is 0.771. The predicted octanol–water partition coefficient (Wildman–Crippen LogP) is 3.36. The number of fused-ring (bicyclic) bond motifs is 2. The van der Waals surface area contributed by atoms with Crippen LogP contribution in [0.4, 0.5) is 0 Å². The molecule has 0 aromatic heterocycles. The molecule has 1 amide bonds. The van der Waals surface area contributed by atoms with Gasteiger partial charge in [-0.25, -0.2) is 0 Å². The standard InChI is InChI=1S/C26H31N3O2/c1-3-28(4-2)26(31)19-12-22-21-9-6-10-23-25(21)18(14-27-23)13-24(22)29(16-19)15-17-7-5-8-20(30)11-17/h5-12,14,19,23-25,27,30H,3-4,13,15-16H2,1-2H3/t19-,23?,24-,25?/m1/s1. The maximum Gasteiger partial charge on any atom is 0.230 e. The molecule has 2 N–H and O–H groups in total. The van der Waals surface area contributed by atoms with Gasteiger partial charge in [-0.2, -0.15) is 0 Å². The summed E-state index contributed by atoms with van der Waals surface area (Å²) in [5, 5.41) is 13.5. The van der Waals surface area contributed by atoms with E-state index in [0.717, 1.165) is 31.6 Å². The Morgan fingerprint density at radius 3 is 2.87 bits per heavy atom. The van der Waals surface area contributed by atoms with Crippen molar-refractivity contribution in [3.63, 3.8) is 0 Å². The van der Waals surface area contributed by atoms with Gasteiger partial charge in [0.1, 0.15) is 5.75 Å². The molecule has 1 saturated carbocycles. The van der Waals surface area contributed by atoms with Crippen molar-refractivity contribution in [2.75, 3.05) is 19.6 Å². The third-order valence-electron chi connectivity index (χ3n) is 7.21. The number of carbonyl (C=O) groups is 1. The third-order valence-corrected chi connectivity index (χ3v) is 7.21. The van der Waals surface area contributed by atoms with Crippen LogP contribution in [0.25, 0.3) is 0 Å². The van der Waals surface area contributed by atoms with Crippen LogP contribution in [0.2, 0.25) is 0 Å². The van der Waals surface area contributed by atoms with Gasteiger partial charge in [0.2, 0.25) is 5.91 Å². The maximum absolute atomic E-state index is 13.3. The number of hydrogen-bond acceptors (Lipinski definition) is 4. The van der Waals surface area contributed by atoms with Gasteiger partial charge in [0.15, 0.2) is 0 Å². The first kappa shape index (κ1) is 20.1. The van der Waals surface area contributed by atoms with Crippen LogP contribution in [-0.4, -0.2) is 52.5 Å². The lowest BCUT2D eigenvalue weighted by Gasteiger charge is -2.46. The summed E-state index contributed by atoms with van der Waals surface area (Å²) >= 11 is 0. The molecule has 2 aliphatic carbocycles. The number of nitrogens with one attached hydrogen (secondary N) is 1. The van der Waals surface area contributed by atoms with Gasteiger partial charge in [-0.05, 0) is 60.9 Å². The molecular formula is C26H31N3O2. The Kier molecular flexibility index (Phi) is 5.22. The zero-order valence-corrected chi connectivity index (χ0v) is 18.3. The van der Waals surface area contributed by atoms with Crippen LogP contribution in [-0.2, 0) is 11.3 Å². The van der Waals surface area contributed by atoms with Crippen LogP contribution < -0.4 is 5.32 Å². The van der Waals surface area contributed by atoms with E-state index in [1.165, 1.54) is 16.7 Å². The number of amides is 1. The molecule has 31 heavy (non-hydrogen) atoms. The van der Waals surface area contributed by atoms with Gasteiger partial charge in [-0.3, -0.25) is 9.69 Å². The highest BCUT2D eigenvalue weighted by atomic mass is 16.3. The zero-order chi connectivity index (χ0) is 21.5. The number of allylic oxidation sites excluding steroid dienone is 2. The fourth-order valence-corrected chi connectivity index (χ4v) is 5.72. The SMILES string of the molecule is CCN(CC)C(=O)[C@@H]1C=C2C3=CC=CC4NC=C(C[C@H]2N(Cc2cccc(O)c2)C1)C34. The number of hydrogen-bond donors (Lipinski definition) is 2. The van der Waals surface area contributed by atoms with Crippen molar-refractivity contribution in [1.82, 2.24) is 15.1 Å². The van der Waals surface area contributed by atoms with E-state index in [2.05, 4.69) is 46.8 Å². The van der Waals surface area contributed by atoms with E-state index in [1.807, 2.05) is 30.9 Å². The van der Waals surface area contributed by atoms with Crippen molar-refractivity contribution in [1.29, 1.82) is 0 Å². The molecule has 0 bridgehead atoms. The molecule has 5 rings (SSSR count). The summed E-state index contributed by atoms with van der Waals surface area (Å²) in [5.41, 5.74) is 5.21. The van der Waals surface area contributed by atoms with Crippen molar-refractivity contribution in [3.05, 3.63) is 77.1 Å². The first-order chi connectivity index (χ1) is 15.1. The Labute approximate surface area is 184 Å². The Morgan fingerprint density at radius 1 is 1.26 bits per heavy atom. The van der Waals surface area contributed by atoms with Crippen LogP contribution in [0.1, 0.15) is 25.8 Å². The van der Waals surface area contributed by atoms with Crippen LogP contribution >= 0.6 is 0 Å². The van der Waals surface area contributed by atoms with Crippen LogP contribution in [0.15, 0.2) is 71.5 Å². The van der Waals surface area contributed by atoms with Crippen molar-refractivity contribution in [3.8, 4) is 5.75 Å². The number of benzene rings is 1. The number of rotatable bonds is 5. The molecule has 5 heteroatoms. The molecule has 4 aliphatic rings. The molecule has 2 heterocycles. The minimum atomic E-state index is -0.145. The summed E-state index contributed by atoms with van der Waals surface area (Å²) in [7, 11) is 0. The van der Waals surface area contributed by atoms with Gasteiger partial charge in [0.05, 0.1) is 12.0 Å². The largest absolute Gasteiger partial charge is 0.508 e. The molecule has 0 radical (unpaired) electrons. The molecule has 4 atom stereocenters. The van der Waals surface area contributed by atoms with E-state index in [1.54, 1.807) is 6.07 Å². The second-order valence-corrected chi connectivity index (χ2v) is 8.95. The van der Waals surface area contributed by atoms with Gasteiger partial charge in [-0.15, -0.1) is 0 Å². The van der Waals surface area contributed by atoms with Crippen molar-refractivity contribution in [2.45, 2.75) is 38.9 Å². The molecule has 2 unspecified atom stereocenters. The first-order valence-corrected chi connectivity index (χ1v) is 11.4. The summed E-state index contributed by atoms with van der Waals surface area (Å²) in [5.74, 6) is 0.743. The molecule has 0 spiro atoms. The molecule has 1 aromatic rings. The monoisotopic (exact) mass is 417 g/mol. The topological polar surface area (TPSA) is 55.8 Å². The van der Waals surface area contributed by atoms with E-state index in [0.29, 0.717) is 18.5 Å². The van der Waals surface area contributed by atoms with Crippen LogP contribution in [0, 0.1) is 11.8 Å². The van der Waals surface area contributed by atoms with E-state index < -0.39 is 0 Å². The summed E-state index contributed by atoms with van der Waals surface area (Å²) in [6.07, 6.45) is 12.1. The van der Waals surface area contributed by atoms with E-state index in [4.69, 9.17) is 0 Å². The summed E-state index contributed by atoms with van der Waals surface area (Å²) in [6.45, 7) is 6.99. The molecule has 162 valence electrons. The van der Waals surface area contributed by atoms with E-state index in [-0.39, 0.29) is 23.6 Å². The number of phenolic OH excluding ortho intramolecular Hbond substituents is 1. The minimum absolute atomic E-state index is 0.145. The van der Waals surface area contributed by atoms with Crippen LogP contribution in [0.5, 0.6) is 5.75 Å². The third kappa shape index (κ3) is 3.51. The zero-order valence-electron chi connectivity index (χ0n) is 18.3. The summed E-state index contributed by atoms with van der Waals surface area (Å²) in [4.78, 5) is 17.7. The molecule has 1 fully saturated rings. The fourth-order valence-electron chi connectivity index (χ4n) is 5.72. The van der Waals surface area contributed by atoms with Crippen molar-refractivity contribution in [2.24, 2.45) is 11.8 Å². The van der Waals surface area contributed by atoms with E-state index >= 15 is 0 Å². The number of nitrogens with zero attached hydrogens (tertiary/aromatic N) is 2. The number of carbonyl (C=O) groups excluding carboxylic acids is 1. The Morgan fingerprint density at radius 2 is 2.10 bits per heavy atom. The van der Waals surface area contributed by atoms with Crippen molar-refractivity contribution < 1.29 is 9.90 Å². The van der Waals surface area contributed by atoms with Gasteiger partial charge in [-0.1, -0.05) is 36.4 Å². The lowest BCUT2D eigenvalue weighted by Crippen LogP contribution is -2.50. The Balaban J connectivity index is 1.53. The highest BCUT2D eigenvalue weighted by Crippen LogP contribution is 2.47. The number of phenols is 1. The lowest BCUT2D eigenvalue weighted by atomic mass is 9.69. The van der Waals surface area contributed by atoms with Gasteiger partial charge in [0.25, 0.3) is 0 Å². The molecule has 5 nitrogen and oxygen atoms in total. The second-order valence-electron chi connectivity index (χ2n) is 8.95. The Bertz CT molecular complexity index is 1000. The summed E-state index contributed by atoms with van der Waals surface area (Å²) < 4.78 is 0. The normalized spacial score (nSPS) is 28.6. The smallest absolute Gasteiger partial charge is 0.230 e. The van der Waals surface area contributed by atoms with Gasteiger partial charge >= 0.3 is 0 Å². The number of aromatic hydroxyl groups is 1. The van der Waals surface area contributed by atoms with Gasteiger partial charge < -0.3 is 15.3 Å². The maximum atomic E-state index is 13.3. The van der Waals surface area contributed by atoms with E-state index in [9.17, 15) is 9.90 Å². The average Bonchev–Trinajstić information content (AvgIpc) is 3.19.